The van der Waals surface area contributed by atoms with E-state index in [0.29, 0.717) is 31.4 Å². The van der Waals surface area contributed by atoms with Gasteiger partial charge in [-0.3, -0.25) is 4.79 Å². The molecule has 1 aliphatic heterocycles. The lowest BCUT2D eigenvalue weighted by Gasteiger charge is -2.34. The first-order valence-electron chi connectivity index (χ1n) is 10.2. The third-order valence-electron chi connectivity index (χ3n) is 6.40. The number of aromatic nitrogens is 3. The lowest BCUT2D eigenvalue weighted by Crippen LogP contribution is -2.42. The average Bonchev–Trinajstić information content (AvgIpc) is 3.31. The van der Waals surface area contributed by atoms with Gasteiger partial charge >= 0.3 is 0 Å². The van der Waals surface area contributed by atoms with E-state index in [9.17, 15) is 9.59 Å². The predicted molar refractivity (Wildman–Crippen MR) is 108 cm³/mol. The number of hydrogen-bond donors (Lipinski definition) is 0. The summed E-state index contributed by atoms with van der Waals surface area (Å²) in [7, 11) is 0. The Balaban J connectivity index is 1.58. The molecular weight excluding hydrogens is 366 g/mol. The average molecular weight is 389 g/mol. The SMILES string of the molecule is CC1=CC=CC(C2=C(c3ccc4ncnn4c3)OC3(CCC(C=O)CC3)C2=O)C1. The van der Waals surface area contributed by atoms with Crippen LogP contribution in [0.5, 0.6) is 0 Å². The Hall–Kier alpha value is -3.02. The molecule has 5 rings (SSSR count). The van der Waals surface area contributed by atoms with Gasteiger partial charge in [0.05, 0.1) is 0 Å². The van der Waals surface area contributed by atoms with Crippen LogP contribution in [0, 0.1) is 11.8 Å². The van der Waals surface area contributed by atoms with Crippen LogP contribution >= 0.6 is 0 Å². The minimum atomic E-state index is -0.843. The molecule has 2 aromatic heterocycles. The smallest absolute Gasteiger partial charge is 0.206 e. The number of carbonyl (C=O) groups is 2. The van der Waals surface area contributed by atoms with Crippen molar-refractivity contribution in [1.29, 1.82) is 0 Å². The Morgan fingerprint density at radius 2 is 2.10 bits per heavy atom. The fraction of sp³-hybridized carbons (Fsp3) is 0.391. The number of carbonyl (C=O) groups excluding carboxylic acids is 2. The van der Waals surface area contributed by atoms with Crippen molar-refractivity contribution >= 4 is 23.5 Å². The molecule has 2 aromatic rings. The van der Waals surface area contributed by atoms with Gasteiger partial charge in [0.15, 0.2) is 11.2 Å². The summed E-state index contributed by atoms with van der Waals surface area (Å²) in [6.45, 7) is 2.09. The second-order valence-corrected chi connectivity index (χ2v) is 8.33. The molecular formula is C23H23N3O3. The normalized spacial score (nSPS) is 29.4. The van der Waals surface area contributed by atoms with Crippen LogP contribution in [-0.2, 0) is 14.3 Å². The third kappa shape index (κ3) is 2.94. The fourth-order valence-corrected chi connectivity index (χ4v) is 4.75. The van der Waals surface area contributed by atoms with Gasteiger partial charge in [-0.1, -0.05) is 23.8 Å². The quantitative estimate of drug-likeness (QED) is 0.749. The first-order chi connectivity index (χ1) is 14.1. The summed E-state index contributed by atoms with van der Waals surface area (Å²) in [5.41, 5.74) is 2.73. The van der Waals surface area contributed by atoms with Gasteiger partial charge in [-0.25, -0.2) is 9.50 Å². The molecule has 0 saturated heterocycles. The summed E-state index contributed by atoms with van der Waals surface area (Å²) in [6, 6.07) is 3.83. The zero-order chi connectivity index (χ0) is 20.0. The van der Waals surface area contributed by atoms with Gasteiger partial charge in [-0.05, 0) is 51.2 Å². The van der Waals surface area contributed by atoms with Crippen LogP contribution in [0.1, 0.15) is 44.6 Å². The maximum Gasteiger partial charge on any atom is 0.206 e. The van der Waals surface area contributed by atoms with Crippen molar-refractivity contribution in [3.63, 3.8) is 0 Å². The summed E-state index contributed by atoms with van der Waals surface area (Å²) in [4.78, 5) is 29.1. The highest BCUT2D eigenvalue weighted by molar-refractivity contribution is 6.11. The standard InChI is InChI=1S/C23H23N3O3/c1-15-3-2-4-17(11-15)20-21(18-5-6-19-24-14-25-26(19)12-18)29-23(22(20)28)9-7-16(13-27)8-10-23/h2-6,12-14,16-17H,7-11H2,1H3. The monoisotopic (exact) mass is 389 g/mol. The molecule has 2 aliphatic carbocycles. The molecule has 1 atom stereocenters. The van der Waals surface area contributed by atoms with Crippen molar-refractivity contribution < 1.29 is 14.3 Å². The van der Waals surface area contributed by atoms with Crippen LogP contribution in [0.15, 0.2) is 54.0 Å². The second-order valence-electron chi connectivity index (χ2n) is 8.33. The Morgan fingerprint density at radius 1 is 1.28 bits per heavy atom. The number of fused-ring (bicyclic) bond motifs is 1. The lowest BCUT2D eigenvalue weighted by atomic mass is 9.74. The van der Waals surface area contributed by atoms with Crippen LogP contribution in [0.25, 0.3) is 11.4 Å². The zero-order valence-corrected chi connectivity index (χ0v) is 16.4. The van der Waals surface area contributed by atoms with E-state index in [1.165, 1.54) is 11.9 Å². The van der Waals surface area contributed by atoms with E-state index in [2.05, 4.69) is 29.2 Å². The van der Waals surface area contributed by atoms with Gasteiger partial charge in [-0.2, -0.15) is 5.10 Å². The van der Waals surface area contributed by atoms with E-state index in [1.807, 2.05) is 24.4 Å². The molecule has 6 nitrogen and oxygen atoms in total. The molecule has 3 heterocycles. The number of Topliss-reactive ketones (excluding diaryl/α,β-unsaturated/α-hetero) is 1. The van der Waals surface area contributed by atoms with Gasteiger partial charge in [0.25, 0.3) is 0 Å². The number of ketones is 1. The molecule has 1 unspecified atom stereocenters. The molecule has 1 fully saturated rings. The molecule has 0 N–H and O–H groups in total. The fourth-order valence-electron chi connectivity index (χ4n) is 4.75. The van der Waals surface area contributed by atoms with Crippen LogP contribution < -0.4 is 0 Å². The number of pyridine rings is 1. The van der Waals surface area contributed by atoms with Crippen molar-refractivity contribution in [3.8, 4) is 0 Å². The summed E-state index contributed by atoms with van der Waals surface area (Å²) < 4.78 is 8.21. The van der Waals surface area contributed by atoms with Gasteiger partial charge in [-0.15, -0.1) is 0 Å². The minimum Gasteiger partial charge on any atom is -0.478 e. The van der Waals surface area contributed by atoms with E-state index in [-0.39, 0.29) is 17.6 Å². The number of aldehydes is 1. The molecule has 1 saturated carbocycles. The maximum absolute atomic E-state index is 13.7. The van der Waals surface area contributed by atoms with Crippen molar-refractivity contribution in [2.24, 2.45) is 11.8 Å². The van der Waals surface area contributed by atoms with E-state index in [1.54, 1.807) is 4.52 Å². The van der Waals surface area contributed by atoms with Gasteiger partial charge in [0, 0.05) is 29.2 Å². The van der Waals surface area contributed by atoms with E-state index in [4.69, 9.17) is 4.74 Å². The van der Waals surface area contributed by atoms with Gasteiger partial charge in [0.2, 0.25) is 5.78 Å². The lowest BCUT2D eigenvalue weighted by molar-refractivity contribution is -0.134. The van der Waals surface area contributed by atoms with Crippen molar-refractivity contribution in [2.75, 3.05) is 0 Å². The molecule has 1 spiro atoms. The highest BCUT2D eigenvalue weighted by Gasteiger charge is 2.52. The molecule has 0 aromatic carbocycles. The van der Waals surface area contributed by atoms with Crippen LogP contribution in [0.3, 0.4) is 0 Å². The number of hydrogen-bond acceptors (Lipinski definition) is 5. The predicted octanol–water partition coefficient (Wildman–Crippen LogP) is 3.69. The van der Waals surface area contributed by atoms with E-state index >= 15 is 0 Å². The Bertz CT molecular complexity index is 1080. The van der Waals surface area contributed by atoms with Crippen molar-refractivity contribution in [3.05, 3.63) is 59.6 Å². The van der Waals surface area contributed by atoms with Crippen LogP contribution in [0.2, 0.25) is 0 Å². The van der Waals surface area contributed by atoms with Crippen molar-refractivity contribution in [1.82, 2.24) is 14.6 Å². The Morgan fingerprint density at radius 3 is 2.86 bits per heavy atom. The van der Waals surface area contributed by atoms with Crippen LogP contribution in [0.4, 0.5) is 0 Å². The number of allylic oxidation sites excluding steroid dienone is 4. The zero-order valence-electron chi connectivity index (χ0n) is 16.4. The molecule has 148 valence electrons. The van der Waals surface area contributed by atoms with Gasteiger partial charge in [0.1, 0.15) is 18.4 Å². The number of ether oxygens (including phenoxy) is 1. The minimum absolute atomic E-state index is 0.00267. The largest absolute Gasteiger partial charge is 0.478 e. The molecule has 29 heavy (non-hydrogen) atoms. The Labute approximate surface area is 169 Å². The molecule has 3 aliphatic rings. The molecule has 6 heteroatoms. The molecule has 0 amide bonds. The van der Waals surface area contributed by atoms with Gasteiger partial charge < -0.3 is 9.53 Å². The van der Waals surface area contributed by atoms with E-state index < -0.39 is 5.60 Å². The summed E-state index contributed by atoms with van der Waals surface area (Å²) in [5.74, 6) is 0.758. The molecule has 0 radical (unpaired) electrons. The first kappa shape index (κ1) is 18.0. The summed E-state index contributed by atoms with van der Waals surface area (Å²) >= 11 is 0. The summed E-state index contributed by atoms with van der Waals surface area (Å²) in [5, 5.41) is 4.22. The highest BCUT2D eigenvalue weighted by atomic mass is 16.5. The van der Waals surface area contributed by atoms with Crippen LogP contribution in [-0.4, -0.2) is 32.3 Å². The van der Waals surface area contributed by atoms with E-state index in [0.717, 1.165) is 29.5 Å². The first-order valence-corrected chi connectivity index (χ1v) is 10.2. The highest BCUT2D eigenvalue weighted by Crippen LogP contribution is 2.48. The third-order valence-corrected chi connectivity index (χ3v) is 6.40. The Kier molecular flexibility index (Phi) is 4.23. The molecule has 0 bridgehead atoms. The number of rotatable bonds is 3. The summed E-state index contributed by atoms with van der Waals surface area (Å²) in [6.07, 6.45) is 14.0. The van der Waals surface area contributed by atoms with Crippen molar-refractivity contribution in [2.45, 2.75) is 44.6 Å². The second kappa shape index (κ2) is 6.79. The maximum atomic E-state index is 13.7. The number of nitrogens with zero attached hydrogens (tertiary/aromatic N) is 3. The topological polar surface area (TPSA) is 73.6 Å².